The Morgan fingerprint density at radius 3 is 2.96 bits per heavy atom. The van der Waals surface area contributed by atoms with Gasteiger partial charge in [0.1, 0.15) is 12.0 Å². The summed E-state index contributed by atoms with van der Waals surface area (Å²) in [6.07, 6.45) is 14.8. The lowest BCUT2D eigenvalue weighted by atomic mass is 9.95. The molecule has 5 rings (SSSR count). The van der Waals surface area contributed by atoms with E-state index in [1.165, 1.54) is 25.7 Å². The monoisotopic (exact) mass is 356 g/mol. The highest BCUT2D eigenvalue weighted by Gasteiger charge is 2.28. The minimum atomic E-state index is 0.194. The van der Waals surface area contributed by atoms with Gasteiger partial charge in [-0.25, -0.2) is 9.97 Å². The number of hydrogen-bond acceptors (Lipinski definition) is 4. The van der Waals surface area contributed by atoms with Gasteiger partial charge in [0.25, 0.3) is 0 Å². The van der Waals surface area contributed by atoms with Crippen LogP contribution in [0.5, 0.6) is 0 Å². The molecule has 1 N–H and O–H groups in total. The van der Waals surface area contributed by atoms with Crippen LogP contribution in [0.1, 0.15) is 38.1 Å². The Morgan fingerprint density at radius 2 is 2.11 bits per heavy atom. The second-order valence-corrected chi connectivity index (χ2v) is 7.28. The summed E-state index contributed by atoms with van der Waals surface area (Å²) in [5.74, 6) is 0.555. The smallest absolute Gasteiger partial charge is 0.141 e. The Bertz CT molecular complexity index is 1140. The van der Waals surface area contributed by atoms with E-state index in [0.717, 1.165) is 33.2 Å². The van der Waals surface area contributed by atoms with Gasteiger partial charge in [-0.2, -0.15) is 5.26 Å². The Balaban J connectivity index is 1.73. The van der Waals surface area contributed by atoms with Crippen LogP contribution < -0.4 is 0 Å². The molecule has 0 amide bonds. The Labute approximate surface area is 156 Å². The third-order valence-corrected chi connectivity index (χ3v) is 5.85. The van der Waals surface area contributed by atoms with Crippen molar-refractivity contribution in [3.8, 4) is 17.3 Å². The third kappa shape index (κ3) is 2.58. The molecule has 4 aromatic heterocycles. The van der Waals surface area contributed by atoms with E-state index in [9.17, 15) is 5.26 Å². The van der Waals surface area contributed by atoms with E-state index in [2.05, 4.69) is 36.8 Å². The summed E-state index contributed by atoms with van der Waals surface area (Å²) in [5, 5.41) is 11.5. The maximum atomic E-state index is 9.47. The quantitative estimate of drug-likeness (QED) is 0.578. The van der Waals surface area contributed by atoms with Gasteiger partial charge in [0.05, 0.1) is 23.7 Å². The number of nitrogens with one attached hydrogen (secondary N) is 1. The van der Waals surface area contributed by atoms with E-state index in [-0.39, 0.29) is 6.04 Å². The zero-order valence-corrected chi connectivity index (χ0v) is 15.0. The molecule has 1 atom stereocenters. The zero-order valence-electron chi connectivity index (χ0n) is 15.0. The first-order chi connectivity index (χ1) is 13.4. The van der Waals surface area contributed by atoms with Gasteiger partial charge in [0.2, 0.25) is 0 Å². The first-order valence-corrected chi connectivity index (χ1v) is 9.47. The van der Waals surface area contributed by atoms with Gasteiger partial charge in [0, 0.05) is 47.2 Å². The van der Waals surface area contributed by atoms with Gasteiger partial charge in [0.15, 0.2) is 0 Å². The van der Waals surface area contributed by atoms with Crippen LogP contribution in [0.15, 0.2) is 43.2 Å². The average Bonchev–Trinajstić information content (AvgIpc) is 3.45. The number of hydrogen-bond donors (Lipinski definition) is 1. The van der Waals surface area contributed by atoms with Crippen LogP contribution in [0.2, 0.25) is 0 Å². The molecule has 1 saturated carbocycles. The highest BCUT2D eigenvalue weighted by atomic mass is 15.0. The van der Waals surface area contributed by atoms with Crippen molar-refractivity contribution in [1.82, 2.24) is 24.5 Å². The maximum Gasteiger partial charge on any atom is 0.141 e. The molecule has 0 spiro atoms. The number of nitrogens with zero attached hydrogens (tertiary/aromatic N) is 5. The summed E-state index contributed by atoms with van der Waals surface area (Å²) in [7, 11) is 0. The van der Waals surface area contributed by atoms with Gasteiger partial charge in [-0.3, -0.25) is 4.98 Å². The fourth-order valence-corrected chi connectivity index (χ4v) is 4.58. The zero-order chi connectivity index (χ0) is 18.2. The van der Waals surface area contributed by atoms with Crippen LogP contribution in [0.4, 0.5) is 0 Å². The molecule has 1 fully saturated rings. The fourth-order valence-electron chi connectivity index (χ4n) is 4.58. The Hall–Kier alpha value is -3.20. The second kappa shape index (κ2) is 6.51. The maximum absolute atomic E-state index is 9.47. The van der Waals surface area contributed by atoms with Crippen molar-refractivity contribution < 1.29 is 0 Å². The minimum Gasteiger partial charge on any atom is -0.346 e. The molecule has 0 radical (unpaired) electrons. The molecular weight excluding hydrogens is 336 g/mol. The van der Waals surface area contributed by atoms with Gasteiger partial charge < -0.3 is 9.55 Å². The topological polar surface area (TPSA) is 83.2 Å². The lowest BCUT2D eigenvalue weighted by Gasteiger charge is -2.23. The Kier molecular flexibility index (Phi) is 3.86. The summed E-state index contributed by atoms with van der Waals surface area (Å²) in [4.78, 5) is 16.4. The lowest BCUT2D eigenvalue weighted by Crippen LogP contribution is -2.16. The van der Waals surface area contributed by atoms with E-state index in [1.807, 2.05) is 30.7 Å². The van der Waals surface area contributed by atoms with Gasteiger partial charge in [-0.05, 0) is 30.9 Å². The van der Waals surface area contributed by atoms with Crippen molar-refractivity contribution in [3.05, 3.63) is 43.2 Å². The van der Waals surface area contributed by atoms with Crippen LogP contribution in [0.3, 0.4) is 0 Å². The van der Waals surface area contributed by atoms with Gasteiger partial charge in [-0.15, -0.1) is 0 Å². The molecule has 1 aliphatic rings. The van der Waals surface area contributed by atoms with Crippen molar-refractivity contribution >= 4 is 21.9 Å². The van der Waals surface area contributed by atoms with Crippen LogP contribution >= 0.6 is 0 Å². The molecule has 0 aliphatic heterocycles. The average molecular weight is 356 g/mol. The van der Waals surface area contributed by atoms with Gasteiger partial charge >= 0.3 is 0 Å². The van der Waals surface area contributed by atoms with Crippen molar-refractivity contribution in [1.29, 1.82) is 5.26 Å². The van der Waals surface area contributed by atoms with E-state index < -0.39 is 0 Å². The number of aromatic amines is 1. The van der Waals surface area contributed by atoms with Crippen molar-refractivity contribution in [2.45, 2.75) is 38.1 Å². The highest BCUT2D eigenvalue weighted by molar-refractivity contribution is 6.01. The Morgan fingerprint density at radius 1 is 1.22 bits per heavy atom. The van der Waals surface area contributed by atoms with Crippen molar-refractivity contribution in [2.24, 2.45) is 5.92 Å². The minimum absolute atomic E-state index is 0.194. The summed E-state index contributed by atoms with van der Waals surface area (Å²) in [6, 6.07) is 6.67. The SMILES string of the molecule is N#CCC(C1CCCC1)n1cc(-c2ncnc3[nH]ccc23)c2cnccc21. The molecule has 0 saturated heterocycles. The number of H-pyrrole nitrogens is 1. The summed E-state index contributed by atoms with van der Waals surface area (Å²) in [6.45, 7) is 0. The standard InChI is InChI=1S/C21H20N6/c22-8-5-18(14-3-1-2-4-14)27-12-17(16-11-23-9-7-19(16)27)20-15-6-10-24-21(15)26-13-25-20/h6-7,9-14,18H,1-5H2,(H,24,25,26). The fraction of sp³-hybridized carbons (Fsp3) is 0.333. The largest absolute Gasteiger partial charge is 0.346 e. The van der Waals surface area contributed by atoms with E-state index in [1.54, 1.807) is 6.33 Å². The van der Waals surface area contributed by atoms with Crippen LogP contribution in [0, 0.1) is 17.2 Å². The van der Waals surface area contributed by atoms with Crippen molar-refractivity contribution in [2.75, 3.05) is 0 Å². The molecule has 6 nitrogen and oxygen atoms in total. The van der Waals surface area contributed by atoms with E-state index in [0.29, 0.717) is 12.3 Å². The number of aromatic nitrogens is 5. The van der Waals surface area contributed by atoms with E-state index in [4.69, 9.17) is 0 Å². The highest BCUT2D eigenvalue weighted by Crippen LogP contribution is 2.41. The molecular formula is C21H20N6. The molecule has 4 heterocycles. The first kappa shape index (κ1) is 16.0. The van der Waals surface area contributed by atoms with Crippen LogP contribution in [-0.4, -0.2) is 24.5 Å². The molecule has 1 unspecified atom stereocenters. The summed E-state index contributed by atoms with van der Waals surface area (Å²) < 4.78 is 2.30. The van der Waals surface area contributed by atoms with E-state index >= 15 is 0 Å². The predicted molar refractivity (Wildman–Crippen MR) is 104 cm³/mol. The molecule has 1 aliphatic carbocycles. The normalized spacial score (nSPS) is 16.1. The van der Waals surface area contributed by atoms with Crippen LogP contribution in [-0.2, 0) is 0 Å². The van der Waals surface area contributed by atoms with Crippen molar-refractivity contribution in [3.63, 3.8) is 0 Å². The molecule has 27 heavy (non-hydrogen) atoms. The number of fused-ring (bicyclic) bond motifs is 2. The number of nitriles is 1. The molecule has 0 aromatic carbocycles. The summed E-state index contributed by atoms with van der Waals surface area (Å²) >= 11 is 0. The number of rotatable bonds is 4. The third-order valence-electron chi connectivity index (χ3n) is 5.85. The predicted octanol–water partition coefficient (Wildman–Crippen LogP) is 4.62. The lowest BCUT2D eigenvalue weighted by molar-refractivity contribution is 0.347. The first-order valence-electron chi connectivity index (χ1n) is 9.47. The molecule has 134 valence electrons. The molecule has 0 bridgehead atoms. The van der Waals surface area contributed by atoms with Crippen LogP contribution in [0.25, 0.3) is 33.2 Å². The van der Waals surface area contributed by atoms with Gasteiger partial charge in [-0.1, -0.05) is 12.8 Å². The number of pyridine rings is 1. The molecule has 4 aromatic rings. The second-order valence-electron chi connectivity index (χ2n) is 7.28. The molecule has 6 heteroatoms. The summed E-state index contributed by atoms with van der Waals surface area (Å²) in [5.41, 5.74) is 3.90.